The Hall–Kier alpha value is -2.66. The number of halogens is 1. The van der Waals surface area contributed by atoms with E-state index in [2.05, 4.69) is 9.97 Å². The lowest BCUT2D eigenvalue weighted by atomic mass is 10.1. The number of rotatable bonds is 4. The molecule has 6 heteroatoms. The summed E-state index contributed by atoms with van der Waals surface area (Å²) in [6.45, 7) is 3.86. The molecule has 2 aromatic carbocycles. The van der Waals surface area contributed by atoms with Crippen molar-refractivity contribution >= 4 is 27.7 Å². The van der Waals surface area contributed by atoms with E-state index in [1.165, 1.54) is 6.07 Å². The van der Waals surface area contributed by atoms with Gasteiger partial charge in [0.25, 0.3) is 10.8 Å². The second kappa shape index (κ2) is 6.45. The molecule has 0 amide bonds. The average molecular weight is 343 g/mol. The summed E-state index contributed by atoms with van der Waals surface area (Å²) in [4.78, 5) is 30.9. The molecule has 0 aliphatic heterocycles. The quantitative estimate of drug-likeness (QED) is 0.733. The molecule has 0 spiro atoms. The van der Waals surface area contributed by atoms with Crippen molar-refractivity contribution in [1.29, 1.82) is 0 Å². The number of fused-ring (bicyclic) bond motifs is 1. The van der Waals surface area contributed by atoms with Crippen LogP contribution in [0, 0.1) is 0 Å². The third kappa shape index (κ3) is 3.16. The number of aromatic amines is 1. The number of ether oxygens (including phenoxy) is 1. The van der Waals surface area contributed by atoms with Gasteiger partial charge < -0.3 is 9.72 Å². The SMILES string of the molecule is CC(C)Oc1ccccc1-c1nc2ccc(C(=O)Cl)cc2c(=O)[nH]1. The Bertz CT molecular complexity index is 979. The highest BCUT2D eigenvalue weighted by Crippen LogP contribution is 2.28. The largest absolute Gasteiger partial charge is 0.490 e. The third-order valence-electron chi connectivity index (χ3n) is 3.44. The van der Waals surface area contributed by atoms with E-state index < -0.39 is 5.24 Å². The molecule has 0 fully saturated rings. The van der Waals surface area contributed by atoms with Crippen LogP contribution in [0.15, 0.2) is 47.3 Å². The first-order valence-corrected chi connectivity index (χ1v) is 7.83. The van der Waals surface area contributed by atoms with Crippen LogP contribution in [0.25, 0.3) is 22.3 Å². The maximum absolute atomic E-state index is 12.4. The fraction of sp³-hybridized carbons (Fsp3) is 0.167. The maximum Gasteiger partial charge on any atom is 0.259 e. The predicted molar refractivity (Wildman–Crippen MR) is 93.7 cm³/mol. The number of carbonyl (C=O) groups is 1. The molecule has 0 saturated heterocycles. The summed E-state index contributed by atoms with van der Waals surface area (Å²) in [7, 11) is 0. The standard InChI is InChI=1S/C18H15ClN2O3/c1-10(2)24-15-6-4-3-5-12(15)17-20-14-8-7-11(16(19)22)9-13(14)18(23)21-17/h3-10H,1-2H3,(H,20,21,23). The van der Waals surface area contributed by atoms with Crippen LogP contribution in [-0.2, 0) is 0 Å². The Morgan fingerprint density at radius 2 is 1.96 bits per heavy atom. The van der Waals surface area contributed by atoms with Crippen LogP contribution in [-0.4, -0.2) is 21.3 Å². The molecule has 0 aliphatic rings. The smallest absolute Gasteiger partial charge is 0.259 e. The predicted octanol–water partition coefficient (Wildman–Crippen LogP) is 3.76. The topological polar surface area (TPSA) is 72.0 Å². The highest BCUT2D eigenvalue weighted by Gasteiger charge is 2.13. The minimum absolute atomic E-state index is 0.00406. The first kappa shape index (κ1) is 16.2. The summed E-state index contributed by atoms with van der Waals surface area (Å²) in [5.41, 5.74) is 1.10. The Morgan fingerprint density at radius 1 is 1.21 bits per heavy atom. The maximum atomic E-state index is 12.4. The van der Waals surface area contributed by atoms with Crippen molar-refractivity contribution < 1.29 is 9.53 Å². The van der Waals surface area contributed by atoms with Crippen LogP contribution in [0.5, 0.6) is 5.75 Å². The molecule has 24 heavy (non-hydrogen) atoms. The van der Waals surface area contributed by atoms with Crippen LogP contribution < -0.4 is 10.3 Å². The normalized spacial score (nSPS) is 11.0. The number of hydrogen-bond donors (Lipinski definition) is 1. The van der Waals surface area contributed by atoms with Crippen LogP contribution in [0.3, 0.4) is 0 Å². The lowest BCUT2D eigenvalue weighted by Gasteiger charge is -2.13. The first-order valence-electron chi connectivity index (χ1n) is 7.45. The Balaban J connectivity index is 2.17. The molecular formula is C18H15ClN2O3. The van der Waals surface area contributed by atoms with Gasteiger partial charge in [0, 0.05) is 5.56 Å². The monoisotopic (exact) mass is 342 g/mol. The van der Waals surface area contributed by atoms with Crippen LogP contribution in [0.4, 0.5) is 0 Å². The number of aromatic nitrogens is 2. The van der Waals surface area contributed by atoms with Gasteiger partial charge in [0.1, 0.15) is 11.6 Å². The van der Waals surface area contributed by atoms with Gasteiger partial charge in [-0.05, 0) is 55.8 Å². The van der Waals surface area contributed by atoms with Crippen molar-refractivity contribution in [3.05, 3.63) is 58.4 Å². The summed E-state index contributed by atoms with van der Waals surface area (Å²) < 4.78 is 5.78. The summed E-state index contributed by atoms with van der Waals surface area (Å²) in [5, 5.41) is -0.302. The zero-order valence-electron chi connectivity index (χ0n) is 13.2. The number of nitrogens with zero attached hydrogens (tertiary/aromatic N) is 1. The number of benzene rings is 2. The highest BCUT2D eigenvalue weighted by atomic mass is 35.5. The van der Waals surface area contributed by atoms with Gasteiger partial charge >= 0.3 is 0 Å². The molecule has 1 N–H and O–H groups in total. The minimum Gasteiger partial charge on any atom is -0.490 e. The Morgan fingerprint density at radius 3 is 2.67 bits per heavy atom. The molecule has 0 aliphatic carbocycles. The zero-order chi connectivity index (χ0) is 17.3. The molecule has 0 radical (unpaired) electrons. The molecule has 0 unspecified atom stereocenters. The number of H-pyrrole nitrogens is 1. The van der Waals surface area contributed by atoms with Crippen molar-refractivity contribution in [2.45, 2.75) is 20.0 Å². The van der Waals surface area contributed by atoms with Gasteiger partial charge in [-0.2, -0.15) is 0 Å². The fourth-order valence-corrected chi connectivity index (χ4v) is 2.53. The fourth-order valence-electron chi connectivity index (χ4n) is 2.41. The Kier molecular flexibility index (Phi) is 4.36. The van der Waals surface area contributed by atoms with Gasteiger partial charge in [-0.15, -0.1) is 0 Å². The molecule has 3 aromatic rings. The van der Waals surface area contributed by atoms with E-state index in [9.17, 15) is 9.59 Å². The third-order valence-corrected chi connectivity index (χ3v) is 3.66. The van der Waals surface area contributed by atoms with Crippen molar-refractivity contribution in [3.63, 3.8) is 0 Å². The van der Waals surface area contributed by atoms with E-state index in [4.69, 9.17) is 16.3 Å². The van der Waals surface area contributed by atoms with Gasteiger partial charge in [0.05, 0.1) is 22.6 Å². The molecule has 1 heterocycles. The minimum atomic E-state index is -0.615. The second-order valence-corrected chi connectivity index (χ2v) is 5.93. The van der Waals surface area contributed by atoms with E-state index in [-0.39, 0.29) is 17.2 Å². The summed E-state index contributed by atoms with van der Waals surface area (Å²) in [6, 6.07) is 12.0. The first-order chi connectivity index (χ1) is 11.5. The lowest BCUT2D eigenvalue weighted by molar-refractivity contribution is 0.108. The number of carbonyl (C=O) groups excluding carboxylic acids is 1. The molecule has 5 nitrogen and oxygen atoms in total. The van der Waals surface area contributed by atoms with Crippen molar-refractivity contribution in [2.24, 2.45) is 0 Å². The number of para-hydroxylation sites is 1. The molecular weight excluding hydrogens is 328 g/mol. The summed E-state index contributed by atoms with van der Waals surface area (Å²) >= 11 is 5.46. The van der Waals surface area contributed by atoms with E-state index in [0.29, 0.717) is 28.0 Å². The molecule has 0 atom stereocenters. The number of nitrogens with one attached hydrogen (secondary N) is 1. The summed E-state index contributed by atoms with van der Waals surface area (Å²) in [6.07, 6.45) is -0.00406. The van der Waals surface area contributed by atoms with Crippen LogP contribution in [0.2, 0.25) is 0 Å². The lowest BCUT2D eigenvalue weighted by Crippen LogP contribution is -2.12. The van der Waals surface area contributed by atoms with Crippen LogP contribution >= 0.6 is 11.6 Å². The van der Waals surface area contributed by atoms with Gasteiger partial charge in [-0.25, -0.2) is 4.98 Å². The second-order valence-electron chi connectivity index (χ2n) is 5.58. The zero-order valence-corrected chi connectivity index (χ0v) is 13.9. The van der Waals surface area contributed by atoms with E-state index in [0.717, 1.165) is 0 Å². The molecule has 3 rings (SSSR count). The molecule has 0 saturated carbocycles. The Labute approximate surface area is 143 Å². The van der Waals surface area contributed by atoms with Crippen molar-refractivity contribution in [3.8, 4) is 17.1 Å². The van der Waals surface area contributed by atoms with E-state index in [1.807, 2.05) is 38.1 Å². The van der Waals surface area contributed by atoms with Crippen LogP contribution in [0.1, 0.15) is 24.2 Å². The van der Waals surface area contributed by atoms with Gasteiger partial charge in [0.15, 0.2) is 0 Å². The molecule has 1 aromatic heterocycles. The van der Waals surface area contributed by atoms with E-state index in [1.54, 1.807) is 12.1 Å². The summed E-state index contributed by atoms with van der Waals surface area (Å²) in [5.74, 6) is 1.05. The van der Waals surface area contributed by atoms with Crippen molar-refractivity contribution in [2.75, 3.05) is 0 Å². The van der Waals surface area contributed by atoms with Gasteiger partial charge in [-0.1, -0.05) is 12.1 Å². The number of hydrogen-bond acceptors (Lipinski definition) is 4. The van der Waals surface area contributed by atoms with Crippen molar-refractivity contribution in [1.82, 2.24) is 9.97 Å². The molecule has 0 bridgehead atoms. The van der Waals surface area contributed by atoms with E-state index >= 15 is 0 Å². The highest BCUT2D eigenvalue weighted by molar-refractivity contribution is 6.67. The average Bonchev–Trinajstić information content (AvgIpc) is 2.54. The van der Waals surface area contributed by atoms with Gasteiger partial charge in [0.2, 0.25) is 0 Å². The van der Waals surface area contributed by atoms with Gasteiger partial charge in [-0.3, -0.25) is 9.59 Å². The molecule has 122 valence electrons.